The molecule has 2 aromatic carbocycles. The highest BCUT2D eigenvalue weighted by atomic mass is 35.5. The highest BCUT2D eigenvalue weighted by Gasteiger charge is 2.15. The predicted molar refractivity (Wildman–Crippen MR) is 113 cm³/mol. The van der Waals surface area contributed by atoms with Crippen LogP contribution in [0.3, 0.4) is 0 Å². The van der Waals surface area contributed by atoms with Gasteiger partial charge in [-0.15, -0.1) is 10.2 Å². The summed E-state index contributed by atoms with van der Waals surface area (Å²) in [6, 6.07) is 13.1. The Morgan fingerprint density at radius 2 is 2.07 bits per heavy atom. The number of nitrogens with zero attached hydrogens (tertiary/aromatic N) is 3. The normalized spacial score (nSPS) is 10.7. The molecule has 1 amide bonds. The van der Waals surface area contributed by atoms with Crippen molar-refractivity contribution in [2.45, 2.75) is 25.5 Å². The van der Waals surface area contributed by atoms with Crippen molar-refractivity contribution in [1.82, 2.24) is 14.8 Å². The van der Waals surface area contributed by atoms with Crippen LogP contribution in [-0.2, 0) is 11.3 Å². The van der Waals surface area contributed by atoms with Crippen LogP contribution in [0.4, 0.5) is 5.69 Å². The van der Waals surface area contributed by atoms with E-state index in [-0.39, 0.29) is 11.7 Å². The van der Waals surface area contributed by atoms with Gasteiger partial charge < -0.3 is 14.6 Å². The number of hydrogen-bond donors (Lipinski definition) is 1. The van der Waals surface area contributed by atoms with E-state index in [1.54, 1.807) is 19.2 Å². The summed E-state index contributed by atoms with van der Waals surface area (Å²) in [4.78, 5) is 12.4. The highest BCUT2D eigenvalue weighted by Crippen LogP contribution is 2.27. The monoisotopic (exact) mass is 416 g/mol. The maximum Gasteiger partial charge on any atom is 0.234 e. The number of carbonyl (C=O) groups is 1. The van der Waals surface area contributed by atoms with Crippen molar-refractivity contribution in [2.75, 3.05) is 18.2 Å². The minimum atomic E-state index is -0.121. The van der Waals surface area contributed by atoms with E-state index in [4.69, 9.17) is 16.3 Å². The lowest BCUT2D eigenvalue weighted by molar-refractivity contribution is -0.113. The van der Waals surface area contributed by atoms with Gasteiger partial charge in [0.25, 0.3) is 0 Å². The molecule has 1 N–H and O–H groups in total. The predicted octanol–water partition coefficient (Wildman–Crippen LogP) is 4.67. The van der Waals surface area contributed by atoms with E-state index in [1.165, 1.54) is 11.8 Å². The number of hydrogen-bond acceptors (Lipinski definition) is 5. The van der Waals surface area contributed by atoms with E-state index in [1.807, 2.05) is 48.7 Å². The number of carbonyl (C=O) groups excluding carboxylic acids is 1. The first-order valence-electron chi connectivity index (χ1n) is 8.78. The fourth-order valence-electron chi connectivity index (χ4n) is 2.70. The molecule has 0 bridgehead atoms. The Kier molecular flexibility index (Phi) is 6.59. The van der Waals surface area contributed by atoms with Crippen LogP contribution in [0.2, 0.25) is 5.02 Å². The zero-order chi connectivity index (χ0) is 20.1. The minimum absolute atomic E-state index is 0.121. The van der Waals surface area contributed by atoms with Gasteiger partial charge in [0.05, 0.1) is 12.9 Å². The number of rotatable bonds is 7. The van der Waals surface area contributed by atoms with Crippen LogP contribution in [-0.4, -0.2) is 33.5 Å². The van der Waals surface area contributed by atoms with E-state index in [0.717, 1.165) is 22.7 Å². The van der Waals surface area contributed by atoms with Crippen LogP contribution < -0.4 is 10.1 Å². The second kappa shape index (κ2) is 9.12. The summed E-state index contributed by atoms with van der Waals surface area (Å²) >= 11 is 7.36. The van der Waals surface area contributed by atoms with Crippen molar-refractivity contribution in [3.05, 3.63) is 53.1 Å². The van der Waals surface area contributed by atoms with Crippen molar-refractivity contribution >= 4 is 35.0 Å². The molecule has 1 aromatic heterocycles. The molecule has 3 rings (SSSR count). The maximum absolute atomic E-state index is 12.4. The molecule has 0 spiro atoms. The van der Waals surface area contributed by atoms with Crippen LogP contribution in [0.25, 0.3) is 11.4 Å². The maximum atomic E-state index is 12.4. The first-order valence-corrected chi connectivity index (χ1v) is 10.1. The highest BCUT2D eigenvalue weighted by molar-refractivity contribution is 7.99. The molecule has 146 valence electrons. The molecule has 6 nitrogen and oxygen atoms in total. The lowest BCUT2D eigenvalue weighted by Crippen LogP contribution is -2.15. The molecular weight excluding hydrogens is 396 g/mol. The summed E-state index contributed by atoms with van der Waals surface area (Å²) in [5, 5.41) is 12.7. The van der Waals surface area contributed by atoms with E-state index in [2.05, 4.69) is 15.5 Å². The second-order valence-corrected chi connectivity index (χ2v) is 7.46. The number of halogens is 1. The largest absolute Gasteiger partial charge is 0.497 e. The van der Waals surface area contributed by atoms with Crippen molar-refractivity contribution < 1.29 is 9.53 Å². The molecular formula is C20H21ClN4O2S. The van der Waals surface area contributed by atoms with Gasteiger partial charge in [0.1, 0.15) is 5.75 Å². The SMILES string of the molecule is CCn1c(SCC(=O)Nc2cc(Cl)ccc2C)nnc1-c1cccc(OC)c1. The smallest absolute Gasteiger partial charge is 0.234 e. The zero-order valence-electron chi connectivity index (χ0n) is 15.9. The van der Waals surface area contributed by atoms with Crippen LogP contribution >= 0.6 is 23.4 Å². The standard InChI is InChI=1S/C20H21ClN4O2S/c1-4-25-19(14-6-5-7-16(10-14)27-3)23-24-20(25)28-12-18(26)22-17-11-15(21)9-8-13(17)2/h5-11H,4,12H2,1-3H3,(H,22,26). The molecule has 0 saturated carbocycles. The Morgan fingerprint density at radius 3 is 2.82 bits per heavy atom. The molecule has 0 aliphatic carbocycles. The van der Waals surface area contributed by atoms with Crippen LogP contribution in [0, 0.1) is 6.92 Å². The number of thioether (sulfide) groups is 1. The molecule has 1 heterocycles. The van der Waals surface area contributed by atoms with Gasteiger partial charge in [-0.2, -0.15) is 0 Å². The summed E-state index contributed by atoms with van der Waals surface area (Å²) in [5.74, 6) is 1.61. The Morgan fingerprint density at radius 1 is 1.25 bits per heavy atom. The van der Waals surface area contributed by atoms with Gasteiger partial charge >= 0.3 is 0 Å². The molecule has 0 unspecified atom stereocenters. The van der Waals surface area contributed by atoms with Gasteiger partial charge in [0.2, 0.25) is 5.91 Å². The van der Waals surface area contributed by atoms with Gasteiger partial charge in [-0.05, 0) is 43.7 Å². The molecule has 28 heavy (non-hydrogen) atoms. The third-order valence-corrected chi connectivity index (χ3v) is 5.37. The summed E-state index contributed by atoms with van der Waals surface area (Å²) < 4.78 is 7.27. The molecule has 0 saturated heterocycles. The molecule has 0 aliphatic heterocycles. The number of aryl methyl sites for hydroxylation is 1. The van der Waals surface area contributed by atoms with Gasteiger partial charge in [0, 0.05) is 22.8 Å². The molecule has 0 fully saturated rings. The minimum Gasteiger partial charge on any atom is -0.497 e. The Labute approximate surface area is 173 Å². The van der Waals surface area contributed by atoms with Crippen LogP contribution in [0.1, 0.15) is 12.5 Å². The molecule has 0 aliphatic rings. The zero-order valence-corrected chi connectivity index (χ0v) is 17.5. The van der Waals surface area contributed by atoms with Crippen molar-refractivity contribution in [2.24, 2.45) is 0 Å². The van der Waals surface area contributed by atoms with Crippen LogP contribution in [0.15, 0.2) is 47.6 Å². The lowest BCUT2D eigenvalue weighted by Gasteiger charge is -2.10. The Bertz CT molecular complexity index is 990. The fourth-order valence-corrected chi connectivity index (χ4v) is 3.68. The van der Waals surface area contributed by atoms with Gasteiger partial charge in [-0.25, -0.2) is 0 Å². The quantitative estimate of drug-likeness (QED) is 0.567. The molecule has 0 atom stereocenters. The van der Waals surface area contributed by atoms with E-state index in [9.17, 15) is 4.79 Å². The fraction of sp³-hybridized carbons (Fsp3) is 0.250. The number of benzene rings is 2. The van der Waals surface area contributed by atoms with Gasteiger partial charge in [0.15, 0.2) is 11.0 Å². The summed E-state index contributed by atoms with van der Waals surface area (Å²) in [5.41, 5.74) is 2.59. The van der Waals surface area contributed by atoms with Gasteiger partial charge in [-0.3, -0.25) is 4.79 Å². The Balaban J connectivity index is 1.71. The number of methoxy groups -OCH3 is 1. The topological polar surface area (TPSA) is 69.0 Å². The van der Waals surface area contributed by atoms with Crippen molar-refractivity contribution in [3.63, 3.8) is 0 Å². The second-order valence-electron chi connectivity index (χ2n) is 6.08. The average Bonchev–Trinajstić information content (AvgIpc) is 3.12. The van der Waals surface area contributed by atoms with Crippen molar-refractivity contribution in [3.8, 4) is 17.1 Å². The van der Waals surface area contributed by atoms with E-state index < -0.39 is 0 Å². The number of aromatic nitrogens is 3. The number of nitrogens with one attached hydrogen (secondary N) is 1. The van der Waals surface area contributed by atoms with E-state index in [0.29, 0.717) is 22.4 Å². The first kappa shape index (κ1) is 20.2. The molecule has 0 radical (unpaired) electrons. The summed E-state index contributed by atoms with van der Waals surface area (Å²) in [6.45, 7) is 4.64. The number of amides is 1. The third kappa shape index (κ3) is 4.66. The Hall–Kier alpha value is -2.51. The van der Waals surface area contributed by atoms with Gasteiger partial charge in [-0.1, -0.05) is 41.6 Å². The molecule has 3 aromatic rings. The van der Waals surface area contributed by atoms with E-state index >= 15 is 0 Å². The van der Waals surface area contributed by atoms with Crippen molar-refractivity contribution in [1.29, 1.82) is 0 Å². The number of anilines is 1. The average molecular weight is 417 g/mol. The van der Waals surface area contributed by atoms with Crippen LogP contribution in [0.5, 0.6) is 5.75 Å². The summed E-state index contributed by atoms with van der Waals surface area (Å²) in [7, 11) is 1.63. The molecule has 8 heteroatoms. The summed E-state index contributed by atoms with van der Waals surface area (Å²) in [6.07, 6.45) is 0. The lowest BCUT2D eigenvalue weighted by atomic mass is 10.2. The third-order valence-electron chi connectivity index (χ3n) is 4.17. The first-order chi connectivity index (χ1) is 13.5. The number of ether oxygens (including phenoxy) is 1.